The molecule has 1 N–H and O–H groups in total. The van der Waals surface area contributed by atoms with Crippen molar-refractivity contribution in [3.05, 3.63) is 0 Å². The van der Waals surface area contributed by atoms with E-state index in [2.05, 4.69) is 11.9 Å². The van der Waals surface area contributed by atoms with Gasteiger partial charge < -0.3 is 14.9 Å². The molecule has 5 heteroatoms. The number of carboxylic acids is 1. The van der Waals surface area contributed by atoms with Gasteiger partial charge in [0.25, 0.3) is 0 Å². The Morgan fingerprint density at radius 3 is 2.47 bits per heavy atom. The predicted molar refractivity (Wildman–Crippen MR) is 71.8 cm³/mol. The van der Waals surface area contributed by atoms with E-state index in [1.165, 1.54) is 0 Å². The predicted octanol–water partition coefficient (Wildman–Crippen LogP) is 1.04. The van der Waals surface area contributed by atoms with Gasteiger partial charge in [0.15, 0.2) is 0 Å². The van der Waals surface area contributed by atoms with Crippen molar-refractivity contribution >= 4 is 11.9 Å². The second-order valence-electron chi connectivity index (χ2n) is 6.05. The van der Waals surface area contributed by atoms with Gasteiger partial charge in [-0.2, -0.15) is 0 Å². The summed E-state index contributed by atoms with van der Waals surface area (Å²) in [5, 5.41) is 9.00. The van der Waals surface area contributed by atoms with Crippen LogP contribution in [-0.2, 0) is 9.59 Å². The van der Waals surface area contributed by atoms with Crippen LogP contribution in [0.3, 0.4) is 0 Å². The highest BCUT2D eigenvalue weighted by molar-refractivity contribution is 5.81. The molecule has 108 valence electrons. The summed E-state index contributed by atoms with van der Waals surface area (Å²) >= 11 is 0. The van der Waals surface area contributed by atoms with E-state index in [0.29, 0.717) is 12.8 Å². The largest absolute Gasteiger partial charge is 0.481 e. The number of amides is 1. The van der Waals surface area contributed by atoms with Gasteiger partial charge in [-0.15, -0.1) is 0 Å². The van der Waals surface area contributed by atoms with Crippen molar-refractivity contribution < 1.29 is 14.7 Å². The molecule has 19 heavy (non-hydrogen) atoms. The minimum Gasteiger partial charge on any atom is -0.481 e. The van der Waals surface area contributed by atoms with E-state index < -0.39 is 5.97 Å². The summed E-state index contributed by atoms with van der Waals surface area (Å²) < 4.78 is 0. The Bertz CT molecular complexity index is 359. The van der Waals surface area contributed by atoms with Gasteiger partial charge >= 0.3 is 5.97 Å². The molecule has 1 saturated carbocycles. The topological polar surface area (TPSA) is 60.9 Å². The molecule has 1 unspecified atom stereocenters. The van der Waals surface area contributed by atoms with E-state index in [1.807, 2.05) is 11.9 Å². The van der Waals surface area contributed by atoms with E-state index in [-0.39, 0.29) is 23.8 Å². The third-order valence-corrected chi connectivity index (χ3v) is 4.63. The summed E-state index contributed by atoms with van der Waals surface area (Å²) in [5.74, 6) is -1.02. The average Bonchev–Trinajstić information content (AvgIpc) is 2.86. The zero-order valence-electron chi connectivity index (χ0n) is 11.8. The molecule has 1 heterocycles. The quantitative estimate of drug-likeness (QED) is 0.831. The van der Waals surface area contributed by atoms with Crippen LogP contribution in [0.25, 0.3) is 0 Å². The van der Waals surface area contributed by atoms with Crippen molar-refractivity contribution in [2.45, 2.75) is 38.1 Å². The molecule has 0 aromatic rings. The van der Waals surface area contributed by atoms with Crippen LogP contribution < -0.4 is 0 Å². The normalized spacial score (nSPS) is 32.2. The molecule has 2 rings (SSSR count). The molecule has 2 aliphatic rings. The SMILES string of the molecule is CN1CCCC(N(C)C(=O)[C@@H]2CC[C@H](C(=O)O)C2)C1. The van der Waals surface area contributed by atoms with Gasteiger partial charge in [0, 0.05) is 25.6 Å². The molecule has 0 spiro atoms. The van der Waals surface area contributed by atoms with Crippen LogP contribution in [0.1, 0.15) is 32.1 Å². The number of aliphatic carboxylic acids is 1. The Labute approximate surface area is 114 Å². The van der Waals surface area contributed by atoms with Gasteiger partial charge in [-0.3, -0.25) is 9.59 Å². The maximum atomic E-state index is 12.4. The molecular formula is C14H24N2O3. The number of hydrogen-bond donors (Lipinski definition) is 1. The Morgan fingerprint density at radius 2 is 1.89 bits per heavy atom. The molecule has 0 bridgehead atoms. The Kier molecular flexibility index (Phi) is 4.45. The number of likely N-dealkylation sites (N-methyl/N-ethyl adjacent to an activating group) is 2. The number of carbonyl (C=O) groups excluding carboxylic acids is 1. The number of carboxylic acid groups (broad SMARTS) is 1. The molecule has 5 nitrogen and oxygen atoms in total. The van der Waals surface area contributed by atoms with Crippen molar-refractivity contribution in [3.8, 4) is 0 Å². The fourth-order valence-corrected chi connectivity index (χ4v) is 3.35. The van der Waals surface area contributed by atoms with Crippen LogP contribution in [0.2, 0.25) is 0 Å². The second kappa shape index (κ2) is 5.90. The first-order chi connectivity index (χ1) is 8.99. The first-order valence-corrected chi connectivity index (χ1v) is 7.17. The van der Waals surface area contributed by atoms with E-state index in [9.17, 15) is 9.59 Å². The van der Waals surface area contributed by atoms with Gasteiger partial charge in [-0.05, 0) is 45.7 Å². The zero-order chi connectivity index (χ0) is 14.0. The fraction of sp³-hybridized carbons (Fsp3) is 0.857. The van der Waals surface area contributed by atoms with Crippen molar-refractivity contribution in [3.63, 3.8) is 0 Å². The van der Waals surface area contributed by atoms with Crippen LogP contribution >= 0.6 is 0 Å². The van der Waals surface area contributed by atoms with Crippen LogP contribution in [-0.4, -0.2) is 60.0 Å². The minimum atomic E-state index is -0.754. The van der Waals surface area contributed by atoms with E-state index in [1.54, 1.807) is 0 Å². The first kappa shape index (κ1) is 14.3. The molecule has 0 aromatic carbocycles. The summed E-state index contributed by atoms with van der Waals surface area (Å²) in [6.45, 7) is 2.03. The number of carbonyl (C=O) groups is 2. The highest BCUT2D eigenvalue weighted by atomic mass is 16.4. The maximum absolute atomic E-state index is 12.4. The first-order valence-electron chi connectivity index (χ1n) is 7.17. The smallest absolute Gasteiger partial charge is 0.306 e. The van der Waals surface area contributed by atoms with E-state index in [0.717, 1.165) is 32.4 Å². The summed E-state index contributed by atoms with van der Waals surface area (Å²) in [7, 11) is 3.96. The molecule has 1 amide bonds. The lowest BCUT2D eigenvalue weighted by Gasteiger charge is -2.37. The third kappa shape index (κ3) is 3.26. The lowest BCUT2D eigenvalue weighted by atomic mass is 10.00. The molecule has 0 aromatic heterocycles. The third-order valence-electron chi connectivity index (χ3n) is 4.63. The van der Waals surface area contributed by atoms with Crippen molar-refractivity contribution in [1.82, 2.24) is 9.80 Å². The van der Waals surface area contributed by atoms with Gasteiger partial charge in [0.1, 0.15) is 0 Å². The zero-order valence-corrected chi connectivity index (χ0v) is 11.8. The van der Waals surface area contributed by atoms with Crippen molar-refractivity contribution in [2.24, 2.45) is 11.8 Å². The van der Waals surface area contributed by atoms with Gasteiger partial charge in [0.05, 0.1) is 5.92 Å². The van der Waals surface area contributed by atoms with Crippen LogP contribution in [0, 0.1) is 11.8 Å². The molecule has 1 aliphatic carbocycles. The standard InChI is InChI=1S/C14H24N2O3/c1-15-7-3-4-12(9-15)16(2)13(17)10-5-6-11(8-10)14(18)19/h10-12H,3-9H2,1-2H3,(H,18,19)/t10-,11+,12?/m1/s1. The molecule has 1 aliphatic heterocycles. The van der Waals surface area contributed by atoms with Crippen LogP contribution in [0.5, 0.6) is 0 Å². The summed E-state index contributed by atoms with van der Waals surface area (Å²) in [4.78, 5) is 27.5. The second-order valence-corrected chi connectivity index (χ2v) is 6.05. The highest BCUT2D eigenvalue weighted by Gasteiger charge is 2.37. The maximum Gasteiger partial charge on any atom is 0.306 e. The molecule has 2 fully saturated rings. The number of nitrogens with zero attached hydrogens (tertiary/aromatic N) is 2. The Hall–Kier alpha value is -1.10. The summed E-state index contributed by atoms with van der Waals surface area (Å²) in [5.41, 5.74) is 0. The van der Waals surface area contributed by atoms with Crippen LogP contribution in [0.4, 0.5) is 0 Å². The van der Waals surface area contributed by atoms with Gasteiger partial charge in [-0.25, -0.2) is 0 Å². The van der Waals surface area contributed by atoms with E-state index >= 15 is 0 Å². The molecule has 0 radical (unpaired) electrons. The Balaban J connectivity index is 1.90. The lowest BCUT2D eigenvalue weighted by molar-refractivity contribution is -0.142. The molecule has 1 saturated heterocycles. The van der Waals surface area contributed by atoms with E-state index in [4.69, 9.17) is 5.11 Å². The minimum absolute atomic E-state index is 0.0849. The highest BCUT2D eigenvalue weighted by Crippen LogP contribution is 2.33. The van der Waals surface area contributed by atoms with Gasteiger partial charge in [-0.1, -0.05) is 0 Å². The van der Waals surface area contributed by atoms with Gasteiger partial charge in [0.2, 0.25) is 5.91 Å². The molecular weight excluding hydrogens is 244 g/mol. The van der Waals surface area contributed by atoms with Crippen LogP contribution in [0.15, 0.2) is 0 Å². The number of likely N-dealkylation sites (tertiary alicyclic amines) is 1. The Morgan fingerprint density at radius 1 is 1.21 bits per heavy atom. The monoisotopic (exact) mass is 268 g/mol. The average molecular weight is 268 g/mol. The molecule has 3 atom stereocenters. The number of piperidine rings is 1. The van der Waals surface area contributed by atoms with Crippen molar-refractivity contribution in [1.29, 1.82) is 0 Å². The summed E-state index contributed by atoms with van der Waals surface area (Å²) in [6.07, 6.45) is 4.07. The number of hydrogen-bond acceptors (Lipinski definition) is 3. The van der Waals surface area contributed by atoms with Crippen molar-refractivity contribution in [2.75, 3.05) is 27.2 Å². The summed E-state index contributed by atoms with van der Waals surface area (Å²) in [6, 6.07) is 0.287. The lowest BCUT2D eigenvalue weighted by Crippen LogP contribution is -2.48. The number of rotatable bonds is 3. The fourth-order valence-electron chi connectivity index (χ4n) is 3.35.